The molecule has 0 amide bonds. The molecule has 0 saturated heterocycles. The van der Waals surface area contributed by atoms with Crippen LogP contribution in [0.2, 0.25) is 10.0 Å². The molecule has 0 aliphatic carbocycles. The maximum Gasteiger partial charge on any atom is 0.151 e. The van der Waals surface area contributed by atoms with Crippen LogP contribution >= 0.6 is 23.2 Å². The number of aromatic nitrogens is 2. The number of hydrogen-bond donors (Lipinski definition) is 0. The first-order valence-electron chi connectivity index (χ1n) is 4.38. The van der Waals surface area contributed by atoms with E-state index in [0.29, 0.717) is 15.6 Å². The number of Topliss-reactive ketones (excluding diaryl/α,β-unsaturated/α-hetero) is 1. The molecule has 0 aliphatic rings. The molecule has 0 saturated carbocycles. The third-order valence-corrected chi connectivity index (χ3v) is 2.47. The van der Waals surface area contributed by atoms with E-state index >= 15 is 0 Å². The van der Waals surface area contributed by atoms with Gasteiger partial charge in [0.15, 0.2) is 5.78 Å². The van der Waals surface area contributed by atoms with Crippen molar-refractivity contribution in [1.29, 1.82) is 0 Å². The van der Waals surface area contributed by atoms with E-state index in [1.165, 1.54) is 6.92 Å². The molecular weight excluding hydrogens is 235 g/mol. The topological polar surface area (TPSA) is 34.9 Å². The standard InChI is InChI=1S/C10H8Cl2N2O/c1-6(15)4-14-5-7-2-8(11)3-9(12)10(7)13-14/h2-3,5H,4H2,1H3. The molecule has 3 nitrogen and oxygen atoms in total. The third-order valence-electron chi connectivity index (χ3n) is 1.96. The molecule has 0 spiro atoms. The van der Waals surface area contributed by atoms with Crippen LogP contribution in [0.1, 0.15) is 6.92 Å². The summed E-state index contributed by atoms with van der Waals surface area (Å²) in [5, 5.41) is 6.10. The van der Waals surface area contributed by atoms with E-state index in [1.807, 2.05) is 0 Å². The van der Waals surface area contributed by atoms with E-state index in [9.17, 15) is 4.79 Å². The fourth-order valence-corrected chi connectivity index (χ4v) is 1.96. The fourth-order valence-electron chi connectivity index (χ4n) is 1.42. The van der Waals surface area contributed by atoms with Gasteiger partial charge in [-0.3, -0.25) is 9.48 Å². The first-order chi connectivity index (χ1) is 7.06. The van der Waals surface area contributed by atoms with Crippen LogP contribution in [0.25, 0.3) is 10.9 Å². The quantitative estimate of drug-likeness (QED) is 0.812. The van der Waals surface area contributed by atoms with Crippen molar-refractivity contribution in [2.75, 3.05) is 0 Å². The van der Waals surface area contributed by atoms with Crippen molar-refractivity contribution in [1.82, 2.24) is 9.78 Å². The molecule has 78 valence electrons. The zero-order valence-electron chi connectivity index (χ0n) is 8.00. The van der Waals surface area contributed by atoms with Crippen molar-refractivity contribution in [3.05, 3.63) is 28.4 Å². The van der Waals surface area contributed by atoms with E-state index in [0.717, 1.165) is 5.39 Å². The zero-order chi connectivity index (χ0) is 11.0. The van der Waals surface area contributed by atoms with Gasteiger partial charge in [-0.05, 0) is 19.1 Å². The Balaban J connectivity index is 2.55. The van der Waals surface area contributed by atoms with Gasteiger partial charge in [-0.25, -0.2) is 0 Å². The van der Waals surface area contributed by atoms with Gasteiger partial charge in [0.2, 0.25) is 0 Å². The predicted molar refractivity (Wildman–Crippen MR) is 60.4 cm³/mol. The number of rotatable bonds is 2. The van der Waals surface area contributed by atoms with E-state index in [4.69, 9.17) is 23.2 Å². The molecule has 1 aromatic heterocycles. The number of fused-ring (bicyclic) bond motifs is 1. The first kappa shape index (κ1) is 10.5. The Morgan fingerprint density at radius 2 is 2.20 bits per heavy atom. The molecule has 0 atom stereocenters. The van der Waals surface area contributed by atoms with Gasteiger partial charge in [0.05, 0.1) is 11.6 Å². The second kappa shape index (κ2) is 3.83. The molecule has 1 heterocycles. The number of nitrogens with zero attached hydrogens (tertiary/aromatic N) is 2. The first-order valence-corrected chi connectivity index (χ1v) is 5.13. The lowest BCUT2D eigenvalue weighted by Gasteiger charge is -1.94. The summed E-state index contributed by atoms with van der Waals surface area (Å²) in [7, 11) is 0. The van der Waals surface area contributed by atoms with Crippen LogP contribution in [0.4, 0.5) is 0 Å². The third kappa shape index (κ3) is 2.13. The molecule has 0 unspecified atom stereocenters. The molecule has 1 aromatic carbocycles. The Morgan fingerprint density at radius 3 is 2.87 bits per heavy atom. The van der Waals surface area contributed by atoms with Crippen LogP contribution in [0.15, 0.2) is 18.3 Å². The smallest absolute Gasteiger partial charge is 0.151 e. The molecular formula is C10H8Cl2N2O. The minimum Gasteiger partial charge on any atom is -0.298 e. The van der Waals surface area contributed by atoms with Crippen LogP contribution in [0.5, 0.6) is 0 Å². The highest BCUT2D eigenvalue weighted by molar-refractivity contribution is 6.38. The molecule has 2 aromatic rings. The predicted octanol–water partition coefficient (Wildman–Crippen LogP) is 2.93. The molecule has 0 bridgehead atoms. The summed E-state index contributed by atoms with van der Waals surface area (Å²) in [6, 6.07) is 3.41. The lowest BCUT2D eigenvalue weighted by Crippen LogP contribution is -2.05. The summed E-state index contributed by atoms with van der Waals surface area (Å²) in [5.74, 6) is 0.0463. The highest BCUT2D eigenvalue weighted by Crippen LogP contribution is 2.26. The number of benzene rings is 1. The zero-order valence-corrected chi connectivity index (χ0v) is 9.51. The van der Waals surface area contributed by atoms with Crippen molar-refractivity contribution in [3.63, 3.8) is 0 Å². The van der Waals surface area contributed by atoms with E-state index in [2.05, 4.69) is 5.10 Å². The summed E-state index contributed by atoms with van der Waals surface area (Å²) in [5.41, 5.74) is 0.669. The van der Waals surface area contributed by atoms with Gasteiger partial charge < -0.3 is 0 Å². The Bertz CT molecular complexity index is 533. The van der Waals surface area contributed by atoms with Crippen molar-refractivity contribution < 1.29 is 4.79 Å². The summed E-state index contributed by atoms with van der Waals surface area (Å²) in [6.45, 7) is 1.77. The highest BCUT2D eigenvalue weighted by Gasteiger charge is 2.07. The molecule has 0 radical (unpaired) electrons. The largest absolute Gasteiger partial charge is 0.298 e. The molecule has 0 N–H and O–H groups in total. The average Bonchev–Trinajstić information content (AvgIpc) is 2.45. The number of hydrogen-bond acceptors (Lipinski definition) is 2. The van der Waals surface area contributed by atoms with Gasteiger partial charge in [-0.2, -0.15) is 5.10 Å². The van der Waals surface area contributed by atoms with Crippen molar-refractivity contribution in [3.8, 4) is 0 Å². The molecule has 15 heavy (non-hydrogen) atoms. The fraction of sp³-hybridized carbons (Fsp3) is 0.200. The number of halogens is 2. The minimum absolute atomic E-state index is 0.0463. The SMILES string of the molecule is CC(=O)Cn1cc2cc(Cl)cc(Cl)c2n1. The molecule has 2 rings (SSSR count). The van der Waals surface area contributed by atoms with Crippen molar-refractivity contribution >= 4 is 39.9 Å². The Hall–Kier alpha value is -1.06. The van der Waals surface area contributed by atoms with Gasteiger partial charge in [0, 0.05) is 16.6 Å². The van der Waals surface area contributed by atoms with Crippen LogP contribution in [0, 0.1) is 0 Å². The lowest BCUT2D eigenvalue weighted by molar-refractivity contribution is -0.117. The van der Waals surface area contributed by atoms with E-state index < -0.39 is 0 Å². The Labute approximate surface area is 96.6 Å². The maximum absolute atomic E-state index is 10.9. The van der Waals surface area contributed by atoms with E-state index in [-0.39, 0.29) is 12.3 Å². The van der Waals surface area contributed by atoms with Crippen molar-refractivity contribution in [2.24, 2.45) is 0 Å². The van der Waals surface area contributed by atoms with E-state index in [1.54, 1.807) is 23.0 Å². The van der Waals surface area contributed by atoms with Gasteiger partial charge in [0.25, 0.3) is 0 Å². The second-order valence-corrected chi connectivity index (χ2v) is 4.20. The minimum atomic E-state index is 0.0463. The highest BCUT2D eigenvalue weighted by atomic mass is 35.5. The van der Waals surface area contributed by atoms with Gasteiger partial charge in [-0.15, -0.1) is 0 Å². The Kier molecular flexibility index (Phi) is 2.67. The molecule has 0 aliphatic heterocycles. The van der Waals surface area contributed by atoms with Crippen molar-refractivity contribution in [2.45, 2.75) is 13.5 Å². The van der Waals surface area contributed by atoms with Gasteiger partial charge >= 0.3 is 0 Å². The molecule has 5 heteroatoms. The molecule has 0 fully saturated rings. The van der Waals surface area contributed by atoms with Crippen LogP contribution < -0.4 is 0 Å². The second-order valence-electron chi connectivity index (χ2n) is 3.35. The number of carbonyl (C=O) groups excluding carboxylic acids is 1. The van der Waals surface area contributed by atoms with Crippen LogP contribution in [-0.4, -0.2) is 15.6 Å². The summed E-state index contributed by atoms with van der Waals surface area (Å²) >= 11 is 11.8. The average molecular weight is 243 g/mol. The van der Waals surface area contributed by atoms with Gasteiger partial charge in [0.1, 0.15) is 5.52 Å². The monoisotopic (exact) mass is 242 g/mol. The summed E-state index contributed by atoms with van der Waals surface area (Å²) < 4.78 is 1.56. The van der Waals surface area contributed by atoms with Gasteiger partial charge in [-0.1, -0.05) is 23.2 Å². The summed E-state index contributed by atoms with van der Waals surface area (Å²) in [4.78, 5) is 10.9. The normalized spacial score (nSPS) is 10.9. The summed E-state index contributed by atoms with van der Waals surface area (Å²) in [6.07, 6.45) is 1.76. The van der Waals surface area contributed by atoms with Crippen LogP contribution in [0.3, 0.4) is 0 Å². The Morgan fingerprint density at radius 1 is 1.47 bits per heavy atom. The van der Waals surface area contributed by atoms with Crippen LogP contribution in [-0.2, 0) is 11.3 Å². The maximum atomic E-state index is 10.9. The number of ketones is 1. The number of carbonyl (C=O) groups is 1. The lowest BCUT2D eigenvalue weighted by atomic mass is 10.2.